The average Bonchev–Trinajstić information content (AvgIpc) is 3.05. The summed E-state index contributed by atoms with van der Waals surface area (Å²) in [4.78, 5) is 21.2. The topological polar surface area (TPSA) is 67.7 Å². The Morgan fingerprint density at radius 2 is 2.28 bits per heavy atom. The van der Waals surface area contributed by atoms with Crippen molar-refractivity contribution in [1.82, 2.24) is 14.9 Å². The maximum absolute atomic E-state index is 14.9. The molecule has 1 aromatic carbocycles. The van der Waals surface area contributed by atoms with Crippen LogP contribution in [0.4, 0.5) is 15.8 Å². The molecule has 0 spiro atoms. The average molecular weight is 428 g/mol. The highest BCUT2D eigenvalue weighted by atomic mass is 79.9. The van der Waals surface area contributed by atoms with Crippen LogP contribution < -0.4 is 10.8 Å². The second-order valence-corrected chi connectivity index (χ2v) is 6.33. The minimum atomic E-state index is -0.673. The first-order valence-corrected chi connectivity index (χ1v) is 8.47. The molecule has 9 heteroatoms. The van der Waals surface area contributed by atoms with E-state index in [1.54, 1.807) is 31.3 Å². The molecule has 0 unspecified atom stereocenters. The Labute approximate surface area is 156 Å². The van der Waals surface area contributed by atoms with Crippen molar-refractivity contribution in [2.45, 2.75) is 6.92 Å². The standard InChI is InChI=1S/C16H13BrClFN4O2/c1-2-25-22-16(24)10-8-23-6-5-20-15(23)13(19)14(10)21-12-4-3-9(17)7-11(12)18/h3-8,21H,2H2,1H3,(H,22,24). The Bertz CT molecular complexity index is 947. The number of pyridine rings is 1. The van der Waals surface area contributed by atoms with E-state index in [4.69, 9.17) is 16.4 Å². The number of anilines is 2. The van der Waals surface area contributed by atoms with Crippen molar-refractivity contribution < 1.29 is 14.0 Å². The van der Waals surface area contributed by atoms with Crippen molar-refractivity contribution >= 4 is 50.5 Å². The van der Waals surface area contributed by atoms with Gasteiger partial charge in [0.05, 0.1) is 28.6 Å². The smallest absolute Gasteiger partial charge is 0.278 e. The van der Waals surface area contributed by atoms with Gasteiger partial charge in [-0.3, -0.25) is 9.63 Å². The number of carbonyl (C=O) groups excluding carboxylic acids is 1. The van der Waals surface area contributed by atoms with Crippen LogP contribution in [0.2, 0.25) is 5.02 Å². The number of amides is 1. The lowest BCUT2D eigenvalue weighted by molar-refractivity contribution is 0.0364. The summed E-state index contributed by atoms with van der Waals surface area (Å²) in [6.07, 6.45) is 4.46. The molecule has 0 atom stereocenters. The Hall–Kier alpha value is -2.16. The summed E-state index contributed by atoms with van der Waals surface area (Å²) in [7, 11) is 0. The molecule has 6 nitrogen and oxygen atoms in total. The van der Waals surface area contributed by atoms with Crippen molar-refractivity contribution in [2.24, 2.45) is 0 Å². The van der Waals surface area contributed by atoms with Crippen LogP contribution in [0, 0.1) is 5.82 Å². The summed E-state index contributed by atoms with van der Waals surface area (Å²) in [5.41, 5.74) is 2.81. The van der Waals surface area contributed by atoms with Crippen LogP contribution in [0.3, 0.4) is 0 Å². The number of aromatic nitrogens is 2. The van der Waals surface area contributed by atoms with Gasteiger partial charge in [0.2, 0.25) is 0 Å². The van der Waals surface area contributed by atoms with Gasteiger partial charge in [0.15, 0.2) is 11.5 Å². The van der Waals surface area contributed by atoms with E-state index in [1.165, 1.54) is 16.8 Å². The van der Waals surface area contributed by atoms with Gasteiger partial charge in [0.1, 0.15) is 0 Å². The van der Waals surface area contributed by atoms with E-state index >= 15 is 0 Å². The monoisotopic (exact) mass is 426 g/mol. The molecular weight excluding hydrogens is 415 g/mol. The molecule has 0 radical (unpaired) electrons. The Morgan fingerprint density at radius 3 is 3.00 bits per heavy atom. The molecule has 0 aliphatic heterocycles. The van der Waals surface area contributed by atoms with E-state index in [9.17, 15) is 9.18 Å². The van der Waals surface area contributed by atoms with Gasteiger partial charge in [-0.15, -0.1) is 0 Å². The van der Waals surface area contributed by atoms with Crippen molar-refractivity contribution in [2.75, 3.05) is 11.9 Å². The second-order valence-electron chi connectivity index (χ2n) is 5.00. The van der Waals surface area contributed by atoms with Crippen molar-refractivity contribution in [3.63, 3.8) is 0 Å². The number of nitrogens with one attached hydrogen (secondary N) is 2. The van der Waals surface area contributed by atoms with Gasteiger partial charge in [0.25, 0.3) is 5.91 Å². The zero-order valence-corrected chi connectivity index (χ0v) is 15.4. The first-order valence-electron chi connectivity index (χ1n) is 7.30. The zero-order valence-electron chi connectivity index (χ0n) is 13.0. The Kier molecular flexibility index (Phi) is 5.22. The molecule has 0 aliphatic rings. The van der Waals surface area contributed by atoms with E-state index in [-0.39, 0.29) is 23.5 Å². The first-order chi connectivity index (χ1) is 12.0. The highest BCUT2D eigenvalue weighted by Crippen LogP contribution is 2.32. The van der Waals surface area contributed by atoms with Crippen LogP contribution >= 0.6 is 27.5 Å². The van der Waals surface area contributed by atoms with Crippen LogP contribution in [0.25, 0.3) is 5.65 Å². The molecule has 0 aliphatic carbocycles. The number of imidazole rings is 1. The summed E-state index contributed by atoms with van der Waals surface area (Å²) in [6.45, 7) is 2.00. The van der Waals surface area contributed by atoms with Gasteiger partial charge in [-0.2, -0.15) is 0 Å². The van der Waals surface area contributed by atoms with Crippen molar-refractivity contribution in [1.29, 1.82) is 0 Å². The van der Waals surface area contributed by atoms with Crippen molar-refractivity contribution in [3.05, 3.63) is 57.7 Å². The first kappa shape index (κ1) is 17.7. The van der Waals surface area contributed by atoms with Crippen LogP contribution in [0.5, 0.6) is 0 Å². The number of carbonyl (C=O) groups is 1. The summed E-state index contributed by atoms with van der Waals surface area (Å²) < 4.78 is 17.1. The van der Waals surface area contributed by atoms with Crippen LogP contribution in [-0.4, -0.2) is 21.9 Å². The predicted octanol–water partition coefficient (Wildman–Crippen LogP) is 4.31. The number of fused-ring (bicyclic) bond motifs is 1. The number of hydrogen-bond acceptors (Lipinski definition) is 4. The Morgan fingerprint density at radius 1 is 1.48 bits per heavy atom. The van der Waals surface area contributed by atoms with Gasteiger partial charge in [-0.1, -0.05) is 27.5 Å². The summed E-state index contributed by atoms with van der Waals surface area (Å²) >= 11 is 9.49. The van der Waals surface area contributed by atoms with Gasteiger partial charge in [-0.25, -0.2) is 14.9 Å². The van der Waals surface area contributed by atoms with Crippen LogP contribution in [0.15, 0.2) is 41.3 Å². The fourth-order valence-corrected chi connectivity index (χ4v) is 2.95. The molecule has 25 heavy (non-hydrogen) atoms. The van der Waals surface area contributed by atoms with E-state index in [1.807, 2.05) is 0 Å². The molecule has 3 rings (SSSR count). The van der Waals surface area contributed by atoms with Gasteiger partial charge in [-0.05, 0) is 25.1 Å². The van der Waals surface area contributed by atoms with E-state index in [0.29, 0.717) is 10.7 Å². The molecule has 2 aromatic heterocycles. The van der Waals surface area contributed by atoms with E-state index < -0.39 is 11.7 Å². The largest absolute Gasteiger partial charge is 0.351 e. The Balaban J connectivity index is 2.10. The van der Waals surface area contributed by atoms with Crippen molar-refractivity contribution in [3.8, 4) is 0 Å². The highest BCUT2D eigenvalue weighted by Gasteiger charge is 2.21. The molecule has 0 saturated heterocycles. The fraction of sp³-hybridized carbons (Fsp3) is 0.125. The zero-order chi connectivity index (χ0) is 18.0. The van der Waals surface area contributed by atoms with E-state index in [2.05, 4.69) is 31.7 Å². The highest BCUT2D eigenvalue weighted by molar-refractivity contribution is 9.10. The van der Waals surface area contributed by atoms with Gasteiger partial charge >= 0.3 is 0 Å². The molecule has 1 amide bonds. The maximum atomic E-state index is 14.9. The fourth-order valence-electron chi connectivity index (χ4n) is 2.23. The van der Waals surface area contributed by atoms with E-state index in [0.717, 1.165) is 4.47 Å². The minimum absolute atomic E-state index is 0.0416. The predicted molar refractivity (Wildman–Crippen MR) is 96.7 cm³/mol. The summed E-state index contributed by atoms with van der Waals surface area (Å²) in [5.74, 6) is -1.26. The lowest BCUT2D eigenvalue weighted by Gasteiger charge is -2.15. The SMILES string of the molecule is CCONC(=O)c1cn2ccnc2c(F)c1Nc1ccc(Br)cc1Cl. The molecule has 2 heterocycles. The third-order valence-corrected chi connectivity index (χ3v) is 4.17. The number of rotatable bonds is 5. The molecule has 0 fully saturated rings. The number of hydrogen-bond donors (Lipinski definition) is 2. The minimum Gasteiger partial charge on any atom is -0.351 e. The lowest BCUT2D eigenvalue weighted by atomic mass is 10.2. The molecular formula is C16H13BrClFN4O2. The third-order valence-electron chi connectivity index (χ3n) is 3.37. The molecule has 3 aromatic rings. The van der Waals surface area contributed by atoms with Gasteiger partial charge in [0, 0.05) is 23.1 Å². The molecule has 0 saturated carbocycles. The van der Waals surface area contributed by atoms with Gasteiger partial charge < -0.3 is 9.72 Å². The molecule has 130 valence electrons. The molecule has 2 N–H and O–H groups in total. The quantitative estimate of drug-likeness (QED) is 0.595. The number of nitrogens with zero attached hydrogens (tertiary/aromatic N) is 2. The second kappa shape index (κ2) is 7.38. The summed E-state index contributed by atoms with van der Waals surface area (Å²) in [5, 5.41) is 3.25. The lowest BCUT2D eigenvalue weighted by Crippen LogP contribution is -2.25. The normalized spacial score (nSPS) is 10.9. The third kappa shape index (κ3) is 3.60. The number of hydroxylamine groups is 1. The van der Waals surface area contributed by atoms with Crippen LogP contribution in [0.1, 0.15) is 17.3 Å². The van der Waals surface area contributed by atoms with Crippen LogP contribution in [-0.2, 0) is 4.84 Å². The summed E-state index contributed by atoms with van der Waals surface area (Å²) in [6, 6.07) is 5.09. The molecule has 0 bridgehead atoms. The maximum Gasteiger partial charge on any atom is 0.278 e. The number of benzene rings is 1. The number of halogens is 3.